The van der Waals surface area contributed by atoms with Crippen LogP contribution in [0.2, 0.25) is 0 Å². The van der Waals surface area contributed by atoms with Gasteiger partial charge in [-0.1, -0.05) is 27.7 Å². The van der Waals surface area contributed by atoms with E-state index >= 15 is 0 Å². The fourth-order valence-electron chi connectivity index (χ4n) is 1.75. The molecule has 0 saturated heterocycles. The van der Waals surface area contributed by atoms with Crippen molar-refractivity contribution in [2.24, 2.45) is 11.3 Å². The van der Waals surface area contributed by atoms with Crippen LogP contribution in [-0.2, 0) is 4.74 Å². The molecule has 104 valence electrons. The minimum absolute atomic E-state index is 0.0682. The second kappa shape index (κ2) is 9.86. The lowest BCUT2D eigenvalue weighted by atomic mass is 9.83. The first kappa shape index (κ1) is 16.9. The molecule has 0 saturated carbocycles. The molecule has 0 aliphatic carbocycles. The van der Waals surface area contributed by atoms with Gasteiger partial charge in [-0.2, -0.15) is 0 Å². The fourth-order valence-corrected chi connectivity index (χ4v) is 1.75. The molecule has 0 aromatic rings. The average Bonchev–Trinajstić information content (AvgIpc) is 2.33. The molecule has 2 N–H and O–H groups in total. The van der Waals surface area contributed by atoms with Crippen molar-refractivity contribution >= 4 is 0 Å². The number of hydrogen-bond donors (Lipinski definition) is 2. The van der Waals surface area contributed by atoms with E-state index in [9.17, 15) is 5.11 Å². The van der Waals surface area contributed by atoms with Gasteiger partial charge in [-0.25, -0.2) is 0 Å². The van der Waals surface area contributed by atoms with Crippen LogP contribution in [0.25, 0.3) is 0 Å². The highest BCUT2D eigenvalue weighted by Gasteiger charge is 2.24. The van der Waals surface area contributed by atoms with E-state index in [0.29, 0.717) is 5.92 Å². The Kier molecular flexibility index (Phi) is 9.79. The van der Waals surface area contributed by atoms with Gasteiger partial charge in [0, 0.05) is 31.8 Å². The average molecular weight is 245 g/mol. The van der Waals surface area contributed by atoms with Crippen molar-refractivity contribution < 1.29 is 9.84 Å². The van der Waals surface area contributed by atoms with Crippen molar-refractivity contribution in [1.29, 1.82) is 0 Å². The molecule has 3 heteroatoms. The zero-order chi connectivity index (χ0) is 13.1. The van der Waals surface area contributed by atoms with Crippen molar-refractivity contribution in [3.63, 3.8) is 0 Å². The molecule has 0 aromatic carbocycles. The molecule has 0 atom stereocenters. The molecule has 0 amide bonds. The third kappa shape index (κ3) is 7.74. The SMILES string of the molecule is CCC(CC)(CO)CNCCCOCC(C)C. The highest BCUT2D eigenvalue weighted by molar-refractivity contribution is 4.77. The van der Waals surface area contributed by atoms with Crippen molar-refractivity contribution in [3.05, 3.63) is 0 Å². The maximum atomic E-state index is 9.41. The van der Waals surface area contributed by atoms with Crippen LogP contribution in [0.1, 0.15) is 47.0 Å². The monoisotopic (exact) mass is 245 g/mol. The van der Waals surface area contributed by atoms with Crippen LogP contribution in [0, 0.1) is 11.3 Å². The van der Waals surface area contributed by atoms with Gasteiger partial charge in [-0.3, -0.25) is 0 Å². The quantitative estimate of drug-likeness (QED) is 0.549. The number of nitrogens with one attached hydrogen (secondary N) is 1. The smallest absolute Gasteiger partial charge is 0.0499 e. The Labute approximate surface area is 107 Å². The Morgan fingerprint density at radius 1 is 1.24 bits per heavy atom. The van der Waals surface area contributed by atoms with Gasteiger partial charge in [0.15, 0.2) is 0 Å². The molecular formula is C14H31NO2. The summed E-state index contributed by atoms with van der Waals surface area (Å²) in [6, 6.07) is 0. The number of rotatable bonds is 11. The molecule has 17 heavy (non-hydrogen) atoms. The zero-order valence-corrected chi connectivity index (χ0v) is 12.1. The summed E-state index contributed by atoms with van der Waals surface area (Å²) < 4.78 is 5.52. The van der Waals surface area contributed by atoms with Crippen LogP contribution in [0.15, 0.2) is 0 Å². The third-order valence-corrected chi connectivity index (χ3v) is 3.43. The molecule has 0 unspecified atom stereocenters. The van der Waals surface area contributed by atoms with Crippen LogP contribution in [-0.4, -0.2) is 38.0 Å². The maximum absolute atomic E-state index is 9.41. The van der Waals surface area contributed by atoms with Crippen LogP contribution in [0.5, 0.6) is 0 Å². The summed E-state index contributed by atoms with van der Waals surface area (Å²) in [6.45, 7) is 12.4. The van der Waals surface area contributed by atoms with E-state index in [0.717, 1.165) is 45.6 Å². The summed E-state index contributed by atoms with van der Waals surface area (Å²) in [6.07, 6.45) is 3.09. The summed E-state index contributed by atoms with van der Waals surface area (Å²) in [5.74, 6) is 0.616. The van der Waals surface area contributed by atoms with Crippen molar-refractivity contribution in [2.45, 2.75) is 47.0 Å². The summed E-state index contributed by atoms with van der Waals surface area (Å²) in [5.41, 5.74) is 0.0682. The normalized spacial score (nSPS) is 12.4. The van der Waals surface area contributed by atoms with E-state index in [4.69, 9.17) is 4.74 Å². The van der Waals surface area contributed by atoms with Gasteiger partial charge in [-0.05, 0) is 31.7 Å². The Balaban J connectivity index is 3.49. The van der Waals surface area contributed by atoms with E-state index in [1.165, 1.54) is 0 Å². The Morgan fingerprint density at radius 3 is 2.35 bits per heavy atom. The third-order valence-electron chi connectivity index (χ3n) is 3.43. The summed E-state index contributed by atoms with van der Waals surface area (Å²) in [4.78, 5) is 0. The molecule has 0 spiro atoms. The van der Waals surface area contributed by atoms with Crippen LogP contribution >= 0.6 is 0 Å². The second-order valence-electron chi connectivity index (χ2n) is 5.36. The molecule has 0 fully saturated rings. The molecule has 0 bridgehead atoms. The van der Waals surface area contributed by atoms with Crippen LogP contribution in [0.4, 0.5) is 0 Å². The van der Waals surface area contributed by atoms with Gasteiger partial charge in [0.25, 0.3) is 0 Å². The van der Waals surface area contributed by atoms with Gasteiger partial charge >= 0.3 is 0 Å². The molecule has 0 aliphatic heterocycles. The number of hydrogen-bond acceptors (Lipinski definition) is 3. The topological polar surface area (TPSA) is 41.5 Å². The minimum Gasteiger partial charge on any atom is -0.396 e. The minimum atomic E-state index is 0.0682. The Morgan fingerprint density at radius 2 is 1.88 bits per heavy atom. The Bertz CT molecular complexity index is 159. The van der Waals surface area contributed by atoms with Crippen molar-refractivity contribution in [2.75, 3.05) is 32.9 Å². The first-order valence-electron chi connectivity index (χ1n) is 6.99. The fraction of sp³-hybridized carbons (Fsp3) is 1.00. The molecule has 0 rings (SSSR count). The second-order valence-corrected chi connectivity index (χ2v) is 5.36. The van der Waals surface area contributed by atoms with Gasteiger partial charge < -0.3 is 15.2 Å². The van der Waals surface area contributed by atoms with Gasteiger partial charge in [0.05, 0.1) is 0 Å². The van der Waals surface area contributed by atoms with E-state index in [1.54, 1.807) is 0 Å². The lowest BCUT2D eigenvalue weighted by molar-refractivity contribution is 0.100. The molecule has 0 heterocycles. The predicted octanol–water partition coefficient (Wildman–Crippen LogP) is 2.44. The first-order chi connectivity index (χ1) is 8.10. The van der Waals surface area contributed by atoms with Crippen LogP contribution < -0.4 is 5.32 Å². The van der Waals surface area contributed by atoms with Gasteiger partial charge in [0.1, 0.15) is 0 Å². The van der Waals surface area contributed by atoms with Crippen molar-refractivity contribution in [1.82, 2.24) is 5.32 Å². The van der Waals surface area contributed by atoms with Crippen LogP contribution in [0.3, 0.4) is 0 Å². The van der Waals surface area contributed by atoms with Gasteiger partial charge in [-0.15, -0.1) is 0 Å². The molecule has 0 radical (unpaired) electrons. The molecule has 0 aromatic heterocycles. The zero-order valence-electron chi connectivity index (χ0n) is 12.1. The number of aliphatic hydroxyl groups excluding tert-OH is 1. The maximum Gasteiger partial charge on any atom is 0.0499 e. The first-order valence-corrected chi connectivity index (χ1v) is 6.99. The van der Waals surface area contributed by atoms with Crippen molar-refractivity contribution in [3.8, 4) is 0 Å². The van der Waals surface area contributed by atoms with E-state index in [2.05, 4.69) is 33.0 Å². The molecule has 3 nitrogen and oxygen atoms in total. The lowest BCUT2D eigenvalue weighted by Gasteiger charge is -2.29. The van der Waals surface area contributed by atoms with E-state index < -0.39 is 0 Å². The molecular weight excluding hydrogens is 214 g/mol. The highest BCUT2D eigenvalue weighted by Crippen LogP contribution is 2.24. The summed E-state index contributed by atoms with van der Waals surface area (Å²) >= 11 is 0. The van der Waals surface area contributed by atoms with Gasteiger partial charge in [0.2, 0.25) is 0 Å². The predicted molar refractivity (Wildman–Crippen MR) is 73.2 cm³/mol. The molecule has 0 aliphatic rings. The number of ether oxygens (including phenoxy) is 1. The van der Waals surface area contributed by atoms with E-state index in [-0.39, 0.29) is 12.0 Å². The number of aliphatic hydroxyl groups is 1. The standard InChI is InChI=1S/C14H31NO2/c1-5-14(6-2,12-16)11-15-8-7-9-17-10-13(3)4/h13,15-16H,5-12H2,1-4H3. The van der Waals surface area contributed by atoms with E-state index in [1.807, 2.05) is 0 Å². The Hall–Kier alpha value is -0.120. The largest absolute Gasteiger partial charge is 0.396 e. The highest BCUT2D eigenvalue weighted by atomic mass is 16.5. The summed E-state index contributed by atoms with van der Waals surface area (Å²) in [7, 11) is 0. The lowest BCUT2D eigenvalue weighted by Crippen LogP contribution is -2.37. The summed E-state index contributed by atoms with van der Waals surface area (Å²) in [5, 5.41) is 12.8.